The molecule has 0 aromatic heterocycles. The van der Waals surface area contributed by atoms with Gasteiger partial charge >= 0.3 is 6.36 Å². The van der Waals surface area contributed by atoms with E-state index in [1.54, 1.807) is 36.4 Å². The fourth-order valence-electron chi connectivity index (χ4n) is 1.88. The van der Waals surface area contributed by atoms with Crippen molar-refractivity contribution in [3.05, 3.63) is 54.1 Å². The first-order valence-corrected chi connectivity index (χ1v) is 5.75. The van der Waals surface area contributed by atoms with Gasteiger partial charge in [-0.05, 0) is 23.3 Å². The van der Waals surface area contributed by atoms with Crippen molar-refractivity contribution in [2.24, 2.45) is 5.73 Å². The molecule has 0 saturated carbocycles. The molecule has 0 aliphatic heterocycles. The molecule has 0 spiro atoms. The molecular formula is C14H11F3N2O. The monoisotopic (exact) mass is 280 g/mol. The van der Waals surface area contributed by atoms with Crippen LogP contribution in [0.15, 0.2) is 48.6 Å². The van der Waals surface area contributed by atoms with E-state index in [4.69, 9.17) is 11.0 Å². The van der Waals surface area contributed by atoms with E-state index in [0.717, 1.165) is 5.56 Å². The highest BCUT2D eigenvalue weighted by Gasteiger charge is 2.43. The SMILES string of the molecule is N#CC1(N)C=CC(c2ccccc2)=CC1OC(F)(F)F. The van der Waals surface area contributed by atoms with Gasteiger partial charge in [0.05, 0.1) is 6.07 Å². The Kier molecular flexibility index (Phi) is 3.66. The first-order chi connectivity index (χ1) is 9.34. The molecule has 2 rings (SSSR count). The summed E-state index contributed by atoms with van der Waals surface area (Å²) >= 11 is 0. The Bertz CT molecular complexity index is 587. The third kappa shape index (κ3) is 3.07. The van der Waals surface area contributed by atoms with Gasteiger partial charge in [-0.15, -0.1) is 13.2 Å². The Morgan fingerprint density at radius 2 is 1.90 bits per heavy atom. The van der Waals surface area contributed by atoms with Gasteiger partial charge in [-0.25, -0.2) is 0 Å². The minimum Gasteiger partial charge on any atom is -0.308 e. The lowest BCUT2D eigenvalue weighted by Gasteiger charge is -2.30. The lowest BCUT2D eigenvalue weighted by Crippen LogP contribution is -2.51. The van der Waals surface area contributed by atoms with Crippen LogP contribution >= 0.6 is 0 Å². The molecule has 1 aliphatic rings. The summed E-state index contributed by atoms with van der Waals surface area (Å²) in [4.78, 5) is 0. The highest BCUT2D eigenvalue weighted by atomic mass is 19.4. The van der Waals surface area contributed by atoms with Gasteiger partial charge in [-0.3, -0.25) is 4.74 Å². The molecule has 1 aromatic rings. The van der Waals surface area contributed by atoms with E-state index in [9.17, 15) is 13.2 Å². The third-order valence-corrected chi connectivity index (χ3v) is 2.90. The van der Waals surface area contributed by atoms with Gasteiger partial charge in [0.1, 0.15) is 6.10 Å². The molecule has 2 N–H and O–H groups in total. The van der Waals surface area contributed by atoms with Gasteiger partial charge in [0, 0.05) is 0 Å². The molecule has 104 valence electrons. The molecule has 6 heteroatoms. The number of hydrogen-bond acceptors (Lipinski definition) is 3. The van der Waals surface area contributed by atoms with Crippen molar-refractivity contribution in [3.8, 4) is 6.07 Å². The number of halogens is 3. The van der Waals surface area contributed by atoms with E-state index in [0.29, 0.717) is 5.57 Å². The fraction of sp³-hybridized carbons (Fsp3) is 0.214. The second kappa shape index (κ2) is 5.12. The van der Waals surface area contributed by atoms with E-state index in [1.165, 1.54) is 18.2 Å². The Balaban J connectivity index is 2.37. The number of rotatable bonds is 2. The van der Waals surface area contributed by atoms with Crippen LogP contribution in [0.1, 0.15) is 5.56 Å². The van der Waals surface area contributed by atoms with Crippen LogP contribution in [0.5, 0.6) is 0 Å². The number of ether oxygens (including phenoxy) is 1. The van der Waals surface area contributed by atoms with E-state index < -0.39 is 18.0 Å². The van der Waals surface area contributed by atoms with E-state index in [1.807, 2.05) is 0 Å². The molecule has 0 amide bonds. The summed E-state index contributed by atoms with van der Waals surface area (Å²) in [5.74, 6) is 0. The summed E-state index contributed by atoms with van der Waals surface area (Å²) < 4.78 is 41.2. The molecule has 0 fully saturated rings. The minimum absolute atomic E-state index is 0.524. The molecule has 2 unspecified atom stereocenters. The van der Waals surface area contributed by atoms with E-state index in [-0.39, 0.29) is 0 Å². The number of nitrogens with zero attached hydrogens (tertiary/aromatic N) is 1. The van der Waals surface area contributed by atoms with Crippen LogP contribution in [0, 0.1) is 11.3 Å². The van der Waals surface area contributed by atoms with Crippen molar-refractivity contribution in [1.29, 1.82) is 5.26 Å². The summed E-state index contributed by atoms with van der Waals surface area (Å²) in [5.41, 5.74) is 5.04. The molecule has 1 aliphatic carbocycles. The molecule has 0 bridgehead atoms. The standard InChI is InChI=1S/C14H11F3N2O/c15-14(16,17)20-12-8-11(6-7-13(12,19)9-18)10-4-2-1-3-5-10/h1-8,12H,19H2. The van der Waals surface area contributed by atoms with Gasteiger partial charge in [-0.2, -0.15) is 5.26 Å². The lowest BCUT2D eigenvalue weighted by molar-refractivity contribution is -0.339. The van der Waals surface area contributed by atoms with Crippen LogP contribution in [0.2, 0.25) is 0 Å². The third-order valence-electron chi connectivity index (χ3n) is 2.90. The maximum atomic E-state index is 12.4. The van der Waals surface area contributed by atoms with Crippen LogP contribution < -0.4 is 5.73 Å². The highest BCUT2D eigenvalue weighted by Crippen LogP contribution is 2.31. The highest BCUT2D eigenvalue weighted by molar-refractivity contribution is 5.76. The fourth-order valence-corrected chi connectivity index (χ4v) is 1.88. The number of nitrogens with two attached hydrogens (primary N) is 1. The number of nitriles is 1. The Morgan fingerprint density at radius 1 is 1.25 bits per heavy atom. The van der Waals surface area contributed by atoms with Crippen LogP contribution in [-0.2, 0) is 4.74 Å². The van der Waals surface area contributed by atoms with Gasteiger partial charge in [0.15, 0.2) is 5.54 Å². The average Bonchev–Trinajstić information content (AvgIpc) is 2.41. The number of allylic oxidation sites excluding steroid dienone is 2. The smallest absolute Gasteiger partial charge is 0.308 e. The lowest BCUT2D eigenvalue weighted by atomic mass is 9.86. The maximum Gasteiger partial charge on any atom is 0.523 e. The normalized spacial score (nSPS) is 25.9. The van der Waals surface area contributed by atoms with Crippen LogP contribution in [0.3, 0.4) is 0 Å². The first-order valence-electron chi connectivity index (χ1n) is 5.75. The first kappa shape index (κ1) is 14.3. The average molecular weight is 280 g/mol. The zero-order chi connectivity index (χ0) is 14.8. The zero-order valence-corrected chi connectivity index (χ0v) is 10.3. The summed E-state index contributed by atoms with van der Waals surface area (Å²) in [6.45, 7) is 0. The van der Waals surface area contributed by atoms with Crippen molar-refractivity contribution in [2.45, 2.75) is 18.0 Å². The van der Waals surface area contributed by atoms with Crippen molar-refractivity contribution in [2.75, 3.05) is 0 Å². The van der Waals surface area contributed by atoms with Crippen LogP contribution in [0.25, 0.3) is 5.57 Å². The molecular weight excluding hydrogens is 269 g/mol. The summed E-state index contributed by atoms with van der Waals surface area (Å²) in [7, 11) is 0. The molecule has 0 saturated heterocycles. The number of benzene rings is 1. The van der Waals surface area contributed by atoms with Crippen molar-refractivity contribution in [1.82, 2.24) is 0 Å². The summed E-state index contributed by atoms with van der Waals surface area (Å²) in [5, 5.41) is 8.97. The predicted octanol–water partition coefficient (Wildman–Crippen LogP) is 2.77. The van der Waals surface area contributed by atoms with Crippen LogP contribution in [-0.4, -0.2) is 18.0 Å². The topological polar surface area (TPSA) is 59.0 Å². The van der Waals surface area contributed by atoms with E-state index in [2.05, 4.69) is 4.74 Å². The summed E-state index contributed by atoms with van der Waals surface area (Å²) in [6.07, 6.45) is -2.49. The van der Waals surface area contributed by atoms with E-state index >= 15 is 0 Å². The zero-order valence-electron chi connectivity index (χ0n) is 10.3. The molecule has 2 atom stereocenters. The molecule has 0 radical (unpaired) electrons. The summed E-state index contributed by atoms with van der Waals surface area (Å²) in [6, 6.07) is 10.5. The largest absolute Gasteiger partial charge is 0.523 e. The second-order valence-electron chi connectivity index (χ2n) is 4.35. The van der Waals surface area contributed by atoms with Gasteiger partial charge in [0.2, 0.25) is 0 Å². The van der Waals surface area contributed by atoms with Gasteiger partial charge in [0.25, 0.3) is 0 Å². The van der Waals surface area contributed by atoms with Crippen molar-refractivity contribution < 1.29 is 17.9 Å². The minimum atomic E-state index is -4.87. The number of hydrogen-bond donors (Lipinski definition) is 1. The Hall–Kier alpha value is -2.10. The maximum absolute atomic E-state index is 12.4. The predicted molar refractivity (Wildman–Crippen MR) is 67.0 cm³/mol. The molecule has 3 nitrogen and oxygen atoms in total. The van der Waals surface area contributed by atoms with Gasteiger partial charge < -0.3 is 5.73 Å². The van der Waals surface area contributed by atoms with Crippen LogP contribution in [0.4, 0.5) is 13.2 Å². The Morgan fingerprint density at radius 3 is 2.45 bits per heavy atom. The van der Waals surface area contributed by atoms with Gasteiger partial charge in [-0.1, -0.05) is 36.4 Å². The quantitative estimate of drug-likeness (QED) is 0.906. The molecule has 1 aromatic carbocycles. The second-order valence-corrected chi connectivity index (χ2v) is 4.35. The molecule has 0 heterocycles. The molecule has 20 heavy (non-hydrogen) atoms. The van der Waals surface area contributed by atoms with Crippen molar-refractivity contribution in [3.63, 3.8) is 0 Å². The Labute approximate surface area is 113 Å². The number of alkyl halides is 3. The van der Waals surface area contributed by atoms with Crippen molar-refractivity contribution >= 4 is 5.57 Å².